The number of benzene rings is 1. The third kappa shape index (κ3) is 5.16. The molecule has 2 aromatic heterocycles. The molecule has 1 amide bonds. The Bertz CT molecular complexity index is 938. The maximum atomic E-state index is 13.0. The Morgan fingerprint density at radius 3 is 2.71 bits per heavy atom. The zero-order valence-electron chi connectivity index (χ0n) is 15.6. The molecule has 2 heterocycles. The van der Waals surface area contributed by atoms with Crippen LogP contribution in [0.3, 0.4) is 0 Å². The first-order valence-electron chi connectivity index (χ1n) is 8.84. The minimum Gasteiger partial charge on any atom is -0.370 e. The largest absolute Gasteiger partial charge is 0.370 e. The molecule has 0 saturated carbocycles. The van der Waals surface area contributed by atoms with Crippen LogP contribution in [0, 0.1) is 11.7 Å². The number of carbonyl (C=O) groups excluding carboxylic acids is 1. The van der Waals surface area contributed by atoms with E-state index in [0.29, 0.717) is 35.4 Å². The predicted octanol–water partition coefficient (Wildman–Crippen LogP) is 2.83. The molecule has 0 bridgehead atoms. The molecule has 1 aromatic carbocycles. The van der Waals surface area contributed by atoms with Gasteiger partial charge in [-0.1, -0.05) is 30.8 Å². The molecule has 0 saturated heterocycles. The van der Waals surface area contributed by atoms with Crippen molar-refractivity contribution in [3.8, 4) is 11.5 Å². The van der Waals surface area contributed by atoms with Crippen LogP contribution in [-0.2, 0) is 23.5 Å². The Balaban J connectivity index is 1.70. The number of aryl methyl sites for hydroxylation is 1. The van der Waals surface area contributed by atoms with Crippen LogP contribution in [-0.4, -0.2) is 30.8 Å². The molecule has 28 heavy (non-hydrogen) atoms. The van der Waals surface area contributed by atoms with Crippen LogP contribution < -0.4 is 5.73 Å². The molecule has 3 aromatic rings. The lowest BCUT2D eigenvalue weighted by molar-refractivity contribution is -0.118. The number of primary amides is 1. The van der Waals surface area contributed by atoms with Crippen LogP contribution in [0.25, 0.3) is 11.5 Å². The van der Waals surface area contributed by atoms with Gasteiger partial charge >= 0.3 is 0 Å². The van der Waals surface area contributed by atoms with E-state index >= 15 is 0 Å². The molecule has 2 N–H and O–H groups in total. The molecule has 0 spiro atoms. The zero-order valence-corrected chi connectivity index (χ0v) is 16.4. The highest BCUT2D eigenvalue weighted by Crippen LogP contribution is 2.24. The number of nitrogens with zero attached hydrogens (tertiary/aromatic N) is 5. The monoisotopic (exact) mass is 404 g/mol. The van der Waals surface area contributed by atoms with Gasteiger partial charge in [0.05, 0.1) is 5.75 Å². The number of amides is 1. The Morgan fingerprint density at radius 2 is 2.04 bits per heavy atom. The molecule has 0 aliphatic rings. The van der Waals surface area contributed by atoms with E-state index in [4.69, 9.17) is 10.3 Å². The van der Waals surface area contributed by atoms with E-state index in [1.807, 2.05) is 4.57 Å². The summed E-state index contributed by atoms with van der Waals surface area (Å²) in [5, 5.41) is 13.1. The second-order valence-electron chi connectivity index (χ2n) is 6.68. The van der Waals surface area contributed by atoms with Crippen molar-refractivity contribution in [1.82, 2.24) is 24.9 Å². The van der Waals surface area contributed by atoms with Gasteiger partial charge in [0.15, 0.2) is 11.0 Å². The summed E-state index contributed by atoms with van der Waals surface area (Å²) in [7, 11) is 0. The first-order chi connectivity index (χ1) is 13.4. The Morgan fingerprint density at radius 1 is 1.29 bits per heavy atom. The smallest absolute Gasteiger partial charge is 0.257 e. The molecule has 3 rings (SSSR count). The number of thioether (sulfide) groups is 1. The van der Waals surface area contributed by atoms with E-state index in [9.17, 15) is 9.18 Å². The van der Waals surface area contributed by atoms with E-state index in [0.717, 1.165) is 17.5 Å². The van der Waals surface area contributed by atoms with Crippen LogP contribution in [0.4, 0.5) is 4.39 Å². The summed E-state index contributed by atoms with van der Waals surface area (Å²) >= 11 is 1.44. The molecule has 0 aliphatic carbocycles. The number of hydrogen-bond donors (Lipinski definition) is 1. The normalized spacial score (nSPS) is 11.3. The van der Waals surface area contributed by atoms with Gasteiger partial charge in [-0.15, -0.1) is 10.2 Å². The minimum absolute atomic E-state index is 0.229. The fourth-order valence-corrected chi connectivity index (χ4v) is 3.36. The van der Waals surface area contributed by atoms with E-state index in [1.54, 1.807) is 12.1 Å². The molecule has 8 nitrogen and oxygen atoms in total. The van der Waals surface area contributed by atoms with E-state index in [1.165, 1.54) is 23.9 Å². The van der Waals surface area contributed by atoms with Crippen molar-refractivity contribution in [3.05, 3.63) is 41.7 Å². The second kappa shape index (κ2) is 8.96. The van der Waals surface area contributed by atoms with Crippen LogP contribution in [0.2, 0.25) is 0 Å². The fraction of sp³-hybridized carbons (Fsp3) is 0.389. The maximum Gasteiger partial charge on any atom is 0.257 e. The zero-order chi connectivity index (χ0) is 20.1. The first kappa shape index (κ1) is 20.0. The third-order valence-electron chi connectivity index (χ3n) is 3.83. The topological polar surface area (TPSA) is 113 Å². The Hall–Kier alpha value is -2.75. The average Bonchev–Trinajstić information content (AvgIpc) is 3.26. The maximum absolute atomic E-state index is 13.0. The molecule has 0 radical (unpaired) electrons. The number of nitrogens with two attached hydrogens (primary N) is 1. The fourth-order valence-electron chi connectivity index (χ4n) is 2.55. The Labute approximate surface area is 165 Å². The number of rotatable bonds is 9. The van der Waals surface area contributed by atoms with E-state index < -0.39 is 0 Å². The van der Waals surface area contributed by atoms with Gasteiger partial charge in [-0.2, -0.15) is 4.98 Å². The van der Waals surface area contributed by atoms with Crippen molar-refractivity contribution in [1.29, 1.82) is 0 Å². The van der Waals surface area contributed by atoms with Crippen molar-refractivity contribution in [3.63, 3.8) is 0 Å². The minimum atomic E-state index is -0.367. The van der Waals surface area contributed by atoms with Gasteiger partial charge in [-0.25, -0.2) is 4.39 Å². The van der Waals surface area contributed by atoms with Crippen LogP contribution >= 0.6 is 11.8 Å². The molecule has 0 fully saturated rings. The van der Waals surface area contributed by atoms with Gasteiger partial charge in [0.1, 0.15) is 11.6 Å². The van der Waals surface area contributed by atoms with Crippen molar-refractivity contribution >= 4 is 17.7 Å². The standard InChI is InChI=1S/C18H21FN6O2S/c1-11(2)9-25-16(8-7-14(20)26)22-23-18(25)28-10-15-21-17(27-24-15)12-3-5-13(19)6-4-12/h3-6,11H,7-10H2,1-2H3,(H2,20,26). The van der Waals surface area contributed by atoms with Crippen LogP contribution in [0.15, 0.2) is 33.9 Å². The third-order valence-corrected chi connectivity index (χ3v) is 4.79. The van der Waals surface area contributed by atoms with Gasteiger partial charge in [-0.3, -0.25) is 4.79 Å². The van der Waals surface area contributed by atoms with Gasteiger partial charge < -0.3 is 14.8 Å². The molecule has 0 atom stereocenters. The summed E-state index contributed by atoms with van der Waals surface area (Å²) in [6.45, 7) is 4.93. The highest BCUT2D eigenvalue weighted by atomic mass is 32.2. The lowest BCUT2D eigenvalue weighted by atomic mass is 10.2. The number of aromatic nitrogens is 5. The average molecular weight is 404 g/mol. The molecule has 10 heteroatoms. The lowest BCUT2D eigenvalue weighted by Gasteiger charge is -2.11. The molecule has 0 unspecified atom stereocenters. The van der Waals surface area contributed by atoms with Crippen LogP contribution in [0.1, 0.15) is 31.9 Å². The van der Waals surface area contributed by atoms with Gasteiger partial charge in [0, 0.05) is 24.9 Å². The van der Waals surface area contributed by atoms with Gasteiger partial charge in [0.2, 0.25) is 5.91 Å². The predicted molar refractivity (Wildman–Crippen MR) is 102 cm³/mol. The van der Waals surface area contributed by atoms with Gasteiger partial charge in [0.25, 0.3) is 5.89 Å². The van der Waals surface area contributed by atoms with Crippen molar-refractivity contribution in [2.75, 3.05) is 0 Å². The quantitative estimate of drug-likeness (QED) is 0.546. The number of carbonyl (C=O) groups is 1. The SMILES string of the molecule is CC(C)Cn1c(CCC(N)=O)nnc1SCc1noc(-c2ccc(F)cc2)n1. The van der Waals surface area contributed by atoms with Crippen molar-refractivity contribution in [2.45, 2.75) is 44.1 Å². The summed E-state index contributed by atoms with van der Waals surface area (Å²) in [6.07, 6.45) is 0.680. The highest BCUT2D eigenvalue weighted by Gasteiger charge is 2.16. The number of halogens is 1. The summed E-state index contributed by atoms with van der Waals surface area (Å²) in [5.74, 6) is 1.71. The molecular weight excluding hydrogens is 383 g/mol. The number of hydrogen-bond acceptors (Lipinski definition) is 7. The van der Waals surface area contributed by atoms with Crippen molar-refractivity contribution in [2.24, 2.45) is 11.7 Å². The molecule has 148 valence electrons. The highest BCUT2D eigenvalue weighted by molar-refractivity contribution is 7.98. The van der Waals surface area contributed by atoms with Crippen LogP contribution in [0.5, 0.6) is 0 Å². The summed E-state index contributed by atoms with van der Waals surface area (Å²) in [5.41, 5.74) is 5.90. The van der Waals surface area contributed by atoms with E-state index in [-0.39, 0.29) is 18.1 Å². The lowest BCUT2D eigenvalue weighted by Crippen LogP contribution is -2.15. The first-order valence-corrected chi connectivity index (χ1v) is 9.82. The summed E-state index contributed by atoms with van der Waals surface area (Å²) in [4.78, 5) is 15.4. The van der Waals surface area contributed by atoms with Gasteiger partial charge in [-0.05, 0) is 30.2 Å². The Kier molecular flexibility index (Phi) is 6.40. The van der Waals surface area contributed by atoms with E-state index in [2.05, 4.69) is 34.2 Å². The van der Waals surface area contributed by atoms with Crippen molar-refractivity contribution < 1.29 is 13.7 Å². The summed E-state index contributed by atoms with van der Waals surface area (Å²) < 4.78 is 20.3. The molecule has 0 aliphatic heterocycles. The summed E-state index contributed by atoms with van der Waals surface area (Å²) in [6, 6.07) is 5.86. The second-order valence-corrected chi connectivity index (χ2v) is 7.62. The molecular formula is C18H21FN6O2S.